The van der Waals surface area contributed by atoms with Gasteiger partial charge in [0.05, 0.1) is 0 Å². The molecular formula is C13H21N3O. The van der Waals surface area contributed by atoms with Crippen molar-refractivity contribution in [2.45, 2.75) is 38.1 Å². The predicted octanol–water partition coefficient (Wildman–Crippen LogP) is 1.21. The Kier molecular flexibility index (Phi) is 4.62. The second kappa shape index (κ2) is 6.45. The molecule has 0 saturated carbocycles. The number of hydrogen-bond acceptors (Lipinski definition) is 2. The van der Waals surface area contributed by atoms with Crippen molar-refractivity contribution in [3.05, 3.63) is 24.0 Å². The smallest absolute Gasteiger partial charge is 0.221 e. The van der Waals surface area contributed by atoms with Crippen molar-refractivity contribution in [2.24, 2.45) is 0 Å². The first kappa shape index (κ1) is 12.2. The van der Waals surface area contributed by atoms with E-state index in [-0.39, 0.29) is 5.91 Å². The van der Waals surface area contributed by atoms with Crippen LogP contribution >= 0.6 is 0 Å². The predicted molar refractivity (Wildman–Crippen MR) is 67.8 cm³/mol. The molecule has 1 aromatic heterocycles. The van der Waals surface area contributed by atoms with Crippen LogP contribution in [0.3, 0.4) is 0 Å². The van der Waals surface area contributed by atoms with Gasteiger partial charge in [0, 0.05) is 31.4 Å². The monoisotopic (exact) mass is 235 g/mol. The molecule has 2 rings (SSSR count). The number of carbonyl (C=O) groups excluding carboxylic acids is 1. The zero-order valence-electron chi connectivity index (χ0n) is 10.2. The molecule has 1 aliphatic rings. The zero-order chi connectivity index (χ0) is 11.9. The Morgan fingerprint density at radius 2 is 2.41 bits per heavy atom. The number of nitrogens with one attached hydrogen (secondary N) is 3. The third-order valence-electron chi connectivity index (χ3n) is 3.24. The number of H-pyrrole nitrogens is 1. The normalized spacial score (nSPS) is 20.1. The Bertz CT molecular complexity index is 328. The summed E-state index contributed by atoms with van der Waals surface area (Å²) in [5, 5.41) is 6.36. The maximum atomic E-state index is 11.7. The molecule has 1 aliphatic heterocycles. The van der Waals surface area contributed by atoms with Crippen LogP contribution in [0, 0.1) is 0 Å². The van der Waals surface area contributed by atoms with Crippen molar-refractivity contribution in [2.75, 3.05) is 13.1 Å². The van der Waals surface area contributed by atoms with Gasteiger partial charge < -0.3 is 15.6 Å². The lowest BCUT2D eigenvalue weighted by atomic mass is 10.0. The van der Waals surface area contributed by atoms with Crippen LogP contribution in [-0.4, -0.2) is 30.0 Å². The van der Waals surface area contributed by atoms with E-state index in [9.17, 15) is 4.79 Å². The largest absolute Gasteiger partial charge is 0.367 e. The average molecular weight is 235 g/mol. The molecule has 3 N–H and O–H groups in total. The lowest BCUT2D eigenvalue weighted by molar-refractivity contribution is -0.121. The first-order valence-electron chi connectivity index (χ1n) is 6.46. The Morgan fingerprint density at radius 1 is 1.47 bits per heavy atom. The number of piperidine rings is 1. The molecule has 1 unspecified atom stereocenters. The maximum Gasteiger partial charge on any atom is 0.221 e. The Hall–Kier alpha value is -1.29. The van der Waals surface area contributed by atoms with Crippen LogP contribution in [-0.2, 0) is 11.2 Å². The second-order valence-electron chi connectivity index (χ2n) is 4.67. The van der Waals surface area contributed by atoms with Gasteiger partial charge in [-0.05, 0) is 37.4 Å². The van der Waals surface area contributed by atoms with E-state index < -0.39 is 0 Å². The lowest BCUT2D eigenvalue weighted by Gasteiger charge is -2.22. The molecule has 1 aromatic rings. The molecule has 0 spiro atoms. The highest BCUT2D eigenvalue weighted by atomic mass is 16.1. The van der Waals surface area contributed by atoms with Gasteiger partial charge in [-0.3, -0.25) is 4.79 Å². The van der Waals surface area contributed by atoms with Gasteiger partial charge in [-0.25, -0.2) is 0 Å². The van der Waals surface area contributed by atoms with Gasteiger partial charge in [-0.1, -0.05) is 6.42 Å². The van der Waals surface area contributed by atoms with Crippen LogP contribution in [0.5, 0.6) is 0 Å². The summed E-state index contributed by atoms with van der Waals surface area (Å²) in [6.07, 6.45) is 9.00. The van der Waals surface area contributed by atoms with E-state index in [2.05, 4.69) is 15.6 Å². The molecule has 1 fully saturated rings. The van der Waals surface area contributed by atoms with E-state index in [1.54, 1.807) is 0 Å². The molecule has 17 heavy (non-hydrogen) atoms. The van der Waals surface area contributed by atoms with Crippen LogP contribution in [0.15, 0.2) is 18.5 Å². The number of aromatic amines is 1. The second-order valence-corrected chi connectivity index (χ2v) is 4.67. The van der Waals surface area contributed by atoms with Crippen molar-refractivity contribution in [1.82, 2.24) is 15.6 Å². The summed E-state index contributed by atoms with van der Waals surface area (Å²) in [4.78, 5) is 14.7. The van der Waals surface area contributed by atoms with Crippen molar-refractivity contribution in [1.29, 1.82) is 0 Å². The minimum Gasteiger partial charge on any atom is -0.367 e. The molecule has 1 saturated heterocycles. The molecule has 1 atom stereocenters. The fourth-order valence-electron chi connectivity index (χ4n) is 2.25. The molecule has 94 valence electrons. The van der Waals surface area contributed by atoms with Gasteiger partial charge in [0.1, 0.15) is 0 Å². The van der Waals surface area contributed by atoms with E-state index in [1.807, 2.05) is 18.5 Å². The van der Waals surface area contributed by atoms with Crippen LogP contribution in [0.25, 0.3) is 0 Å². The van der Waals surface area contributed by atoms with E-state index in [0.717, 1.165) is 25.9 Å². The van der Waals surface area contributed by atoms with Crippen LogP contribution < -0.4 is 10.6 Å². The van der Waals surface area contributed by atoms with E-state index in [1.165, 1.54) is 18.4 Å². The Morgan fingerprint density at radius 3 is 3.12 bits per heavy atom. The number of aromatic nitrogens is 1. The zero-order valence-corrected chi connectivity index (χ0v) is 10.2. The Balaban J connectivity index is 1.60. The summed E-state index contributed by atoms with van der Waals surface area (Å²) >= 11 is 0. The summed E-state index contributed by atoms with van der Waals surface area (Å²) in [7, 11) is 0. The number of carbonyl (C=O) groups is 1. The van der Waals surface area contributed by atoms with Gasteiger partial charge in [0.15, 0.2) is 0 Å². The lowest BCUT2D eigenvalue weighted by Crippen LogP contribution is -2.39. The third-order valence-corrected chi connectivity index (χ3v) is 3.24. The molecule has 0 radical (unpaired) electrons. The first-order chi connectivity index (χ1) is 8.34. The maximum absolute atomic E-state index is 11.7. The summed E-state index contributed by atoms with van der Waals surface area (Å²) < 4.78 is 0. The number of rotatable bonds is 5. The van der Waals surface area contributed by atoms with Crippen LogP contribution in [0.1, 0.15) is 31.2 Å². The minimum absolute atomic E-state index is 0.167. The standard InChI is InChI=1S/C13H21N3O/c17-13(9-12-3-1-2-6-15-12)16-8-5-11-4-7-14-10-11/h4,7,10,12,14-15H,1-3,5-6,8-9H2,(H,16,17). The summed E-state index contributed by atoms with van der Waals surface area (Å²) in [5.41, 5.74) is 1.24. The van der Waals surface area contributed by atoms with Crippen molar-refractivity contribution in [3.63, 3.8) is 0 Å². The van der Waals surface area contributed by atoms with Crippen molar-refractivity contribution >= 4 is 5.91 Å². The third kappa shape index (κ3) is 4.23. The number of hydrogen-bond donors (Lipinski definition) is 3. The fraction of sp³-hybridized carbons (Fsp3) is 0.615. The van der Waals surface area contributed by atoms with Crippen molar-refractivity contribution < 1.29 is 4.79 Å². The molecule has 4 nitrogen and oxygen atoms in total. The quantitative estimate of drug-likeness (QED) is 0.718. The summed E-state index contributed by atoms with van der Waals surface area (Å²) in [6, 6.07) is 2.42. The van der Waals surface area contributed by atoms with E-state index in [0.29, 0.717) is 12.5 Å². The van der Waals surface area contributed by atoms with Gasteiger partial charge in [-0.15, -0.1) is 0 Å². The van der Waals surface area contributed by atoms with Gasteiger partial charge in [0.2, 0.25) is 5.91 Å². The molecular weight excluding hydrogens is 214 g/mol. The summed E-state index contributed by atoms with van der Waals surface area (Å²) in [5.74, 6) is 0.167. The minimum atomic E-state index is 0.167. The number of amides is 1. The van der Waals surface area contributed by atoms with Gasteiger partial charge in [-0.2, -0.15) is 0 Å². The molecule has 1 amide bonds. The average Bonchev–Trinajstić information content (AvgIpc) is 2.83. The summed E-state index contributed by atoms with van der Waals surface area (Å²) in [6.45, 7) is 1.78. The molecule has 4 heteroatoms. The van der Waals surface area contributed by atoms with Crippen LogP contribution in [0.2, 0.25) is 0 Å². The highest BCUT2D eigenvalue weighted by Gasteiger charge is 2.15. The molecule has 0 aromatic carbocycles. The SMILES string of the molecule is O=C(CC1CCCCN1)NCCc1cc[nH]c1. The van der Waals surface area contributed by atoms with Crippen LogP contribution in [0.4, 0.5) is 0 Å². The first-order valence-corrected chi connectivity index (χ1v) is 6.46. The highest BCUT2D eigenvalue weighted by Crippen LogP contribution is 2.09. The van der Waals surface area contributed by atoms with E-state index >= 15 is 0 Å². The molecule has 2 heterocycles. The topological polar surface area (TPSA) is 56.9 Å². The molecule has 0 bridgehead atoms. The van der Waals surface area contributed by atoms with Gasteiger partial charge in [0.25, 0.3) is 0 Å². The van der Waals surface area contributed by atoms with Crippen molar-refractivity contribution in [3.8, 4) is 0 Å². The van der Waals surface area contributed by atoms with Gasteiger partial charge >= 0.3 is 0 Å². The Labute approximate surface area is 102 Å². The fourth-order valence-corrected chi connectivity index (χ4v) is 2.25. The highest BCUT2D eigenvalue weighted by molar-refractivity contribution is 5.76. The van der Waals surface area contributed by atoms with E-state index in [4.69, 9.17) is 0 Å². The molecule has 0 aliphatic carbocycles.